The first-order valence-electron chi connectivity index (χ1n) is 7.91. The fourth-order valence-electron chi connectivity index (χ4n) is 3.46. The normalized spacial score (nSPS) is 31.1. The number of rotatable bonds is 3. The smallest absolute Gasteiger partial charge is 0.0465 e. The van der Waals surface area contributed by atoms with Crippen molar-refractivity contribution in [2.45, 2.75) is 51.2 Å². The molecule has 2 fully saturated rings. The van der Waals surface area contributed by atoms with Crippen LogP contribution in [0.1, 0.15) is 38.7 Å². The third-order valence-electron chi connectivity index (χ3n) is 5.11. The molecule has 1 aliphatic carbocycles. The maximum atomic E-state index is 6.36. The van der Waals surface area contributed by atoms with Gasteiger partial charge in [0.25, 0.3) is 0 Å². The zero-order chi connectivity index (χ0) is 15.0. The van der Waals surface area contributed by atoms with E-state index in [-0.39, 0.29) is 5.54 Å². The summed E-state index contributed by atoms with van der Waals surface area (Å²) in [5.41, 5.74) is 1.43. The highest BCUT2D eigenvalue weighted by atomic mass is 35.5. The number of benzene rings is 1. The molecule has 0 spiro atoms. The molecule has 1 saturated heterocycles. The summed E-state index contributed by atoms with van der Waals surface area (Å²) in [5.74, 6) is 0.839. The summed E-state index contributed by atoms with van der Waals surface area (Å²) in [4.78, 5) is 2.58. The third kappa shape index (κ3) is 3.56. The van der Waals surface area contributed by atoms with Gasteiger partial charge in [-0.25, -0.2) is 0 Å². The molecule has 0 radical (unpaired) electrons. The Morgan fingerprint density at radius 1 is 1.29 bits per heavy atom. The lowest BCUT2D eigenvalue weighted by Gasteiger charge is -2.36. The van der Waals surface area contributed by atoms with Gasteiger partial charge in [-0.3, -0.25) is 4.90 Å². The zero-order valence-corrected chi connectivity index (χ0v) is 14.3. The first kappa shape index (κ1) is 15.6. The Morgan fingerprint density at radius 2 is 2.05 bits per heavy atom. The largest absolute Gasteiger partial charge is 0.310 e. The van der Waals surface area contributed by atoms with Crippen LogP contribution >= 0.6 is 23.2 Å². The lowest BCUT2D eigenvalue weighted by atomic mass is 9.95. The van der Waals surface area contributed by atoms with Crippen LogP contribution in [-0.4, -0.2) is 29.6 Å². The highest BCUT2D eigenvalue weighted by molar-refractivity contribution is 6.35. The molecule has 1 saturated carbocycles. The Kier molecular flexibility index (Phi) is 4.52. The number of hydrogen-bond acceptors (Lipinski definition) is 2. The van der Waals surface area contributed by atoms with Gasteiger partial charge < -0.3 is 5.32 Å². The topological polar surface area (TPSA) is 15.3 Å². The van der Waals surface area contributed by atoms with Gasteiger partial charge in [-0.1, -0.05) is 29.3 Å². The second kappa shape index (κ2) is 6.08. The molecule has 21 heavy (non-hydrogen) atoms. The lowest BCUT2D eigenvalue weighted by Crippen LogP contribution is -2.51. The number of nitrogens with one attached hydrogen (secondary N) is 1. The van der Waals surface area contributed by atoms with Crippen molar-refractivity contribution in [2.75, 3.05) is 13.1 Å². The highest BCUT2D eigenvalue weighted by Crippen LogP contribution is 2.41. The van der Waals surface area contributed by atoms with E-state index in [1.54, 1.807) is 0 Å². The van der Waals surface area contributed by atoms with E-state index < -0.39 is 0 Å². The maximum absolute atomic E-state index is 6.36. The van der Waals surface area contributed by atoms with Crippen molar-refractivity contribution in [1.82, 2.24) is 10.2 Å². The van der Waals surface area contributed by atoms with Gasteiger partial charge in [0.1, 0.15) is 0 Å². The van der Waals surface area contributed by atoms with Crippen LogP contribution in [0, 0.1) is 5.92 Å². The van der Waals surface area contributed by atoms with Gasteiger partial charge in [0, 0.05) is 34.7 Å². The third-order valence-corrected chi connectivity index (χ3v) is 5.70. The molecular formula is C17H24Cl2N2. The van der Waals surface area contributed by atoms with Gasteiger partial charge in [0.15, 0.2) is 0 Å². The van der Waals surface area contributed by atoms with Gasteiger partial charge in [-0.2, -0.15) is 0 Å². The Hall–Kier alpha value is -0.280. The fraction of sp³-hybridized carbons (Fsp3) is 0.647. The van der Waals surface area contributed by atoms with Gasteiger partial charge in [-0.15, -0.1) is 0 Å². The molecule has 2 aliphatic rings. The predicted molar refractivity (Wildman–Crippen MR) is 90.1 cm³/mol. The summed E-state index contributed by atoms with van der Waals surface area (Å²) in [6.45, 7) is 7.82. The summed E-state index contributed by atoms with van der Waals surface area (Å²) in [6, 6.07) is 6.41. The molecule has 2 nitrogen and oxygen atoms in total. The van der Waals surface area contributed by atoms with E-state index in [4.69, 9.17) is 23.2 Å². The molecule has 4 heteroatoms. The summed E-state index contributed by atoms with van der Waals surface area (Å²) >= 11 is 12.4. The monoisotopic (exact) mass is 326 g/mol. The van der Waals surface area contributed by atoms with Gasteiger partial charge in [0.2, 0.25) is 0 Å². The molecule has 2 atom stereocenters. The Morgan fingerprint density at radius 3 is 2.71 bits per heavy atom. The SMILES string of the molecule is CC1CCNC(C)(C2CC2)CN1Cc1ccc(Cl)cc1Cl. The average molecular weight is 327 g/mol. The van der Waals surface area contributed by atoms with Crippen LogP contribution in [0.15, 0.2) is 18.2 Å². The minimum Gasteiger partial charge on any atom is -0.310 e. The van der Waals surface area contributed by atoms with Crippen LogP contribution in [0.3, 0.4) is 0 Å². The first-order valence-corrected chi connectivity index (χ1v) is 8.66. The second-order valence-electron chi connectivity index (χ2n) is 6.90. The van der Waals surface area contributed by atoms with E-state index in [2.05, 4.69) is 30.1 Å². The van der Waals surface area contributed by atoms with Crippen molar-refractivity contribution in [2.24, 2.45) is 5.92 Å². The molecule has 3 rings (SSSR count). The fourth-order valence-corrected chi connectivity index (χ4v) is 3.93. The van der Waals surface area contributed by atoms with Crippen molar-refractivity contribution >= 4 is 23.2 Å². The molecule has 0 amide bonds. The minimum atomic E-state index is 0.254. The van der Waals surface area contributed by atoms with E-state index in [1.165, 1.54) is 24.8 Å². The van der Waals surface area contributed by atoms with Gasteiger partial charge in [0.05, 0.1) is 0 Å². The van der Waals surface area contributed by atoms with Crippen LogP contribution in [-0.2, 0) is 6.54 Å². The number of nitrogens with zero attached hydrogens (tertiary/aromatic N) is 1. The Labute approximate surface area is 137 Å². The van der Waals surface area contributed by atoms with E-state index in [0.29, 0.717) is 11.1 Å². The van der Waals surface area contributed by atoms with E-state index in [9.17, 15) is 0 Å². The molecule has 0 bridgehead atoms. The quantitative estimate of drug-likeness (QED) is 0.888. The minimum absolute atomic E-state index is 0.254. The highest BCUT2D eigenvalue weighted by Gasteiger charge is 2.43. The summed E-state index contributed by atoms with van der Waals surface area (Å²) < 4.78 is 0. The van der Waals surface area contributed by atoms with E-state index >= 15 is 0 Å². The molecule has 1 aromatic rings. The second-order valence-corrected chi connectivity index (χ2v) is 7.74. The summed E-state index contributed by atoms with van der Waals surface area (Å²) in [6.07, 6.45) is 3.92. The van der Waals surface area contributed by atoms with Crippen molar-refractivity contribution in [3.8, 4) is 0 Å². The van der Waals surface area contributed by atoms with Crippen molar-refractivity contribution in [1.29, 1.82) is 0 Å². The van der Waals surface area contributed by atoms with Crippen molar-refractivity contribution in [3.63, 3.8) is 0 Å². The van der Waals surface area contributed by atoms with Crippen LogP contribution in [0.2, 0.25) is 10.0 Å². The molecule has 1 aliphatic heterocycles. The predicted octanol–water partition coefficient (Wildman–Crippen LogP) is 4.35. The standard InChI is InChI=1S/C17H24Cl2N2/c1-12-7-8-20-17(2,14-4-5-14)11-21(12)10-13-3-6-15(18)9-16(13)19/h3,6,9,12,14,20H,4-5,7-8,10-11H2,1-2H3. The van der Waals surface area contributed by atoms with Gasteiger partial charge in [-0.05, 0) is 63.3 Å². The molecule has 116 valence electrons. The molecule has 1 aromatic carbocycles. The molecular weight excluding hydrogens is 303 g/mol. The van der Waals surface area contributed by atoms with E-state index in [0.717, 1.165) is 30.6 Å². The Balaban J connectivity index is 1.77. The van der Waals surface area contributed by atoms with Crippen LogP contribution in [0.5, 0.6) is 0 Å². The van der Waals surface area contributed by atoms with Gasteiger partial charge >= 0.3 is 0 Å². The van der Waals surface area contributed by atoms with Crippen LogP contribution in [0.25, 0.3) is 0 Å². The molecule has 1 heterocycles. The molecule has 2 unspecified atom stereocenters. The Bertz CT molecular complexity index is 516. The number of halogens is 2. The first-order chi connectivity index (χ1) is 9.98. The summed E-state index contributed by atoms with van der Waals surface area (Å²) in [5, 5.41) is 5.28. The molecule has 1 N–H and O–H groups in total. The maximum Gasteiger partial charge on any atom is 0.0465 e. The van der Waals surface area contributed by atoms with Crippen molar-refractivity contribution < 1.29 is 0 Å². The summed E-state index contributed by atoms with van der Waals surface area (Å²) in [7, 11) is 0. The van der Waals surface area contributed by atoms with Crippen molar-refractivity contribution in [3.05, 3.63) is 33.8 Å². The average Bonchev–Trinajstić information content (AvgIpc) is 3.24. The van der Waals surface area contributed by atoms with Crippen LogP contribution in [0.4, 0.5) is 0 Å². The molecule has 0 aromatic heterocycles. The van der Waals surface area contributed by atoms with Crippen LogP contribution < -0.4 is 5.32 Å². The lowest BCUT2D eigenvalue weighted by molar-refractivity contribution is 0.155. The zero-order valence-electron chi connectivity index (χ0n) is 12.8. The number of hydrogen-bond donors (Lipinski definition) is 1. The van der Waals surface area contributed by atoms with E-state index in [1.807, 2.05) is 12.1 Å².